The molecule has 0 saturated heterocycles. The average molecular weight is 228 g/mol. The Bertz CT molecular complexity index is 207. The first-order valence-corrected chi connectivity index (χ1v) is 6.50. The Morgan fingerprint density at radius 3 is 2.38 bits per heavy atom. The van der Waals surface area contributed by atoms with Crippen LogP contribution in [-0.2, 0) is 9.47 Å². The van der Waals surface area contributed by atoms with Crippen molar-refractivity contribution in [3.8, 4) is 0 Å². The third kappa shape index (κ3) is 4.03. The number of carbonyl (C=O) groups is 1. The normalized spacial score (nSPS) is 27.2. The predicted octanol–water partition coefficient (Wildman–Crippen LogP) is 3.76. The van der Waals surface area contributed by atoms with Crippen molar-refractivity contribution in [3.05, 3.63) is 0 Å². The fraction of sp³-hybridized carbons (Fsp3) is 0.923. The number of ether oxygens (including phenoxy) is 2. The molecule has 0 aromatic heterocycles. The monoisotopic (exact) mass is 228 g/mol. The molecule has 1 saturated carbocycles. The molecule has 0 heterocycles. The van der Waals surface area contributed by atoms with Crippen LogP contribution in [0.5, 0.6) is 0 Å². The molecule has 16 heavy (non-hydrogen) atoms. The highest BCUT2D eigenvalue weighted by Crippen LogP contribution is 2.32. The fourth-order valence-corrected chi connectivity index (χ4v) is 2.40. The van der Waals surface area contributed by atoms with Crippen LogP contribution in [0.25, 0.3) is 0 Å². The highest BCUT2D eigenvalue weighted by Gasteiger charge is 2.26. The highest BCUT2D eigenvalue weighted by atomic mass is 16.7. The van der Waals surface area contributed by atoms with E-state index in [1.54, 1.807) is 6.92 Å². The van der Waals surface area contributed by atoms with Crippen LogP contribution >= 0.6 is 0 Å². The molecule has 0 amide bonds. The molecule has 1 aliphatic rings. The Hall–Kier alpha value is -0.730. The second-order valence-corrected chi connectivity index (χ2v) is 4.72. The topological polar surface area (TPSA) is 35.5 Å². The van der Waals surface area contributed by atoms with E-state index in [-0.39, 0.29) is 6.10 Å². The molecule has 0 spiro atoms. The zero-order chi connectivity index (χ0) is 12.0. The maximum Gasteiger partial charge on any atom is 0.508 e. The number of carbonyl (C=O) groups excluding carboxylic acids is 1. The molecule has 1 atom stereocenters. The third-order valence-corrected chi connectivity index (χ3v) is 3.69. The highest BCUT2D eigenvalue weighted by molar-refractivity contribution is 5.60. The van der Waals surface area contributed by atoms with Crippen molar-refractivity contribution in [1.29, 1.82) is 0 Å². The molecule has 1 rings (SSSR count). The van der Waals surface area contributed by atoms with E-state index >= 15 is 0 Å². The zero-order valence-electron chi connectivity index (χ0n) is 10.7. The molecule has 3 nitrogen and oxygen atoms in total. The Kier molecular flexibility index (Phi) is 5.64. The van der Waals surface area contributed by atoms with Gasteiger partial charge in [0.05, 0.1) is 6.61 Å². The quantitative estimate of drug-likeness (QED) is 0.687. The summed E-state index contributed by atoms with van der Waals surface area (Å²) in [6.45, 7) is 6.74. The Morgan fingerprint density at radius 2 is 1.88 bits per heavy atom. The minimum absolute atomic E-state index is 0.0827. The van der Waals surface area contributed by atoms with Crippen LogP contribution in [0, 0.1) is 11.8 Å². The minimum Gasteiger partial charge on any atom is -0.435 e. The van der Waals surface area contributed by atoms with E-state index in [0.29, 0.717) is 6.61 Å². The largest absolute Gasteiger partial charge is 0.508 e. The fourth-order valence-electron chi connectivity index (χ4n) is 2.40. The van der Waals surface area contributed by atoms with Crippen molar-refractivity contribution in [1.82, 2.24) is 0 Å². The minimum atomic E-state index is -0.505. The molecular weight excluding hydrogens is 204 g/mol. The summed E-state index contributed by atoms with van der Waals surface area (Å²) in [7, 11) is 0. The Morgan fingerprint density at radius 1 is 1.25 bits per heavy atom. The first kappa shape index (κ1) is 13.3. The summed E-state index contributed by atoms with van der Waals surface area (Å²) >= 11 is 0. The van der Waals surface area contributed by atoms with E-state index in [1.807, 2.05) is 0 Å². The second-order valence-electron chi connectivity index (χ2n) is 4.72. The molecule has 0 N–H and O–H groups in total. The lowest BCUT2D eigenvalue weighted by Gasteiger charge is -2.31. The summed E-state index contributed by atoms with van der Waals surface area (Å²) in [6.07, 6.45) is 5.17. The van der Waals surface area contributed by atoms with Gasteiger partial charge in [-0.05, 0) is 44.4 Å². The molecule has 0 aromatic rings. The van der Waals surface area contributed by atoms with Crippen LogP contribution in [0.4, 0.5) is 4.79 Å². The van der Waals surface area contributed by atoms with E-state index in [2.05, 4.69) is 13.8 Å². The zero-order valence-corrected chi connectivity index (χ0v) is 10.7. The van der Waals surface area contributed by atoms with Gasteiger partial charge in [0.1, 0.15) is 6.10 Å². The van der Waals surface area contributed by atoms with Gasteiger partial charge in [-0.25, -0.2) is 4.79 Å². The molecule has 0 aromatic carbocycles. The molecule has 94 valence electrons. The van der Waals surface area contributed by atoms with Crippen LogP contribution in [0.1, 0.15) is 52.9 Å². The van der Waals surface area contributed by atoms with E-state index in [4.69, 9.17) is 9.47 Å². The predicted molar refractivity (Wildman–Crippen MR) is 63.3 cm³/mol. The van der Waals surface area contributed by atoms with Gasteiger partial charge in [0.2, 0.25) is 0 Å². The number of hydrogen-bond donors (Lipinski definition) is 0. The van der Waals surface area contributed by atoms with Crippen LogP contribution in [-0.4, -0.2) is 18.9 Å². The standard InChI is InChI=1S/C13H24O3/c1-4-10(3)11-6-8-12(9-7-11)16-13(14)15-5-2/h10-12H,4-9H2,1-3H3. The lowest BCUT2D eigenvalue weighted by atomic mass is 9.79. The molecule has 1 unspecified atom stereocenters. The van der Waals surface area contributed by atoms with Crippen LogP contribution in [0.3, 0.4) is 0 Å². The first-order valence-electron chi connectivity index (χ1n) is 6.50. The van der Waals surface area contributed by atoms with Crippen LogP contribution < -0.4 is 0 Å². The SMILES string of the molecule is CCOC(=O)OC1CCC(C(C)CC)CC1. The van der Waals surface area contributed by atoms with Gasteiger partial charge >= 0.3 is 6.16 Å². The van der Waals surface area contributed by atoms with E-state index in [1.165, 1.54) is 19.3 Å². The molecule has 1 aliphatic carbocycles. The van der Waals surface area contributed by atoms with Crippen LogP contribution in [0.2, 0.25) is 0 Å². The smallest absolute Gasteiger partial charge is 0.435 e. The summed E-state index contributed by atoms with van der Waals surface area (Å²) in [6, 6.07) is 0. The third-order valence-electron chi connectivity index (χ3n) is 3.69. The van der Waals surface area contributed by atoms with Gasteiger partial charge in [0, 0.05) is 0 Å². The molecule has 1 fully saturated rings. The maximum atomic E-state index is 11.1. The second kappa shape index (κ2) is 6.77. The van der Waals surface area contributed by atoms with Gasteiger partial charge in [-0.15, -0.1) is 0 Å². The number of rotatable bonds is 4. The van der Waals surface area contributed by atoms with Gasteiger partial charge in [-0.2, -0.15) is 0 Å². The van der Waals surface area contributed by atoms with Gasteiger partial charge < -0.3 is 9.47 Å². The van der Waals surface area contributed by atoms with Crippen molar-refractivity contribution < 1.29 is 14.3 Å². The van der Waals surface area contributed by atoms with E-state index < -0.39 is 6.16 Å². The van der Waals surface area contributed by atoms with Crippen molar-refractivity contribution >= 4 is 6.16 Å². The summed E-state index contributed by atoms with van der Waals surface area (Å²) in [4.78, 5) is 11.1. The lowest BCUT2D eigenvalue weighted by molar-refractivity contribution is 0.00455. The lowest BCUT2D eigenvalue weighted by Crippen LogP contribution is -2.27. The number of hydrogen-bond acceptors (Lipinski definition) is 3. The summed E-state index contributed by atoms with van der Waals surface area (Å²) < 4.78 is 10.0. The molecular formula is C13H24O3. The van der Waals surface area contributed by atoms with Crippen molar-refractivity contribution in [2.24, 2.45) is 11.8 Å². The molecule has 3 heteroatoms. The Labute approximate surface area is 98.5 Å². The van der Waals surface area contributed by atoms with Crippen LogP contribution in [0.15, 0.2) is 0 Å². The molecule has 0 radical (unpaired) electrons. The van der Waals surface area contributed by atoms with E-state index in [9.17, 15) is 4.79 Å². The van der Waals surface area contributed by atoms with Gasteiger partial charge in [-0.1, -0.05) is 20.3 Å². The van der Waals surface area contributed by atoms with Crippen molar-refractivity contribution in [2.45, 2.75) is 59.0 Å². The molecule has 0 aliphatic heterocycles. The average Bonchev–Trinajstić information content (AvgIpc) is 2.29. The first-order chi connectivity index (χ1) is 7.67. The van der Waals surface area contributed by atoms with Gasteiger partial charge in [0.25, 0.3) is 0 Å². The summed E-state index contributed by atoms with van der Waals surface area (Å²) in [5.74, 6) is 1.61. The maximum absolute atomic E-state index is 11.1. The van der Waals surface area contributed by atoms with Gasteiger partial charge in [-0.3, -0.25) is 0 Å². The summed E-state index contributed by atoms with van der Waals surface area (Å²) in [5, 5.41) is 0. The van der Waals surface area contributed by atoms with Crippen molar-refractivity contribution in [2.75, 3.05) is 6.61 Å². The van der Waals surface area contributed by atoms with Crippen molar-refractivity contribution in [3.63, 3.8) is 0 Å². The Balaban J connectivity index is 2.24. The van der Waals surface area contributed by atoms with E-state index in [0.717, 1.165) is 24.7 Å². The van der Waals surface area contributed by atoms with Gasteiger partial charge in [0.15, 0.2) is 0 Å². The molecule has 0 bridgehead atoms. The summed E-state index contributed by atoms with van der Waals surface area (Å²) in [5.41, 5.74) is 0.